The summed E-state index contributed by atoms with van der Waals surface area (Å²) in [5.41, 5.74) is 1.85. The molecule has 1 aromatic rings. The normalized spacial score (nSPS) is 33.8. The Hall–Kier alpha value is -2.06. The molecule has 10 heteroatoms. The van der Waals surface area contributed by atoms with Crippen LogP contribution in [0, 0.1) is 11.8 Å². The summed E-state index contributed by atoms with van der Waals surface area (Å²) in [4.78, 5) is 24.7. The minimum Gasteiger partial charge on any atom is -0.394 e. The number of nitrogens with one attached hydrogen (secondary N) is 1. The fraction of sp³-hybridized carbons (Fsp3) is 0.545. The molecule has 114 valence electrons. The van der Waals surface area contributed by atoms with Crippen molar-refractivity contribution in [3.8, 4) is 11.8 Å². The van der Waals surface area contributed by atoms with Crippen molar-refractivity contribution in [1.29, 1.82) is 0 Å². The third-order valence-corrected chi connectivity index (χ3v) is 2.92. The first-order chi connectivity index (χ1) is 10.6. The Kier molecular flexibility index (Phi) is 3.46. The maximum atomic E-state index is 12.3. The van der Waals surface area contributed by atoms with Crippen LogP contribution in [0.3, 0.4) is 0 Å². The predicted molar refractivity (Wildman–Crippen MR) is 66.8 cm³/mol. The molecule has 1 aliphatic heterocycles. The van der Waals surface area contributed by atoms with Crippen LogP contribution in [0.15, 0.2) is 15.8 Å². The van der Waals surface area contributed by atoms with E-state index in [1.165, 1.54) is 0 Å². The molecule has 1 aliphatic rings. The monoisotopic (exact) mass is 302 g/mol. The summed E-state index contributed by atoms with van der Waals surface area (Å²) in [6.45, 7) is -4.15. The SMILES string of the molecule is [2H]C([2H])(O)[C@H]1O[C@@H](n2ncc(=O)[nH]c2=O)[C@@](N)(C#CCF)C1O. The van der Waals surface area contributed by atoms with Crippen LogP contribution < -0.4 is 17.0 Å². The second kappa shape index (κ2) is 5.74. The van der Waals surface area contributed by atoms with Gasteiger partial charge in [0.15, 0.2) is 11.8 Å². The molecule has 0 amide bonds. The van der Waals surface area contributed by atoms with Gasteiger partial charge in [0.1, 0.15) is 25.1 Å². The molecule has 2 heterocycles. The molecule has 0 aliphatic carbocycles. The smallest absolute Gasteiger partial charge is 0.347 e. The lowest BCUT2D eigenvalue weighted by Gasteiger charge is -2.26. The first-order valence-corrected chi connectivity index (χ1v) is 5.70. The van der Waals surface area contributed by atoms with Crippen molar-refractivity contribution in [1.82, 2.24) is 14.8 Å². The summed E-state index contributed by atoms with van der Waals surface area (Å²) in [6, 6.07) is 0. The van der Waals surface area contributed by atoms with Gasteiger partial charge in [-0.1, -0.05) is 11.8 Å². The average Bonchev–Trinajstić information content (AvgIpc) is 2.70. The number of hydrogen-bond donors (Lipinski definition) is 4. The predicted octanol–water partition coefficient (Wildman–Crippen LogP) is -3.15. The van der Waals surface area contributed by atoms with Gasteiger partial charge in [-0.2, -0.15) is 9.78 Å². The fourth-order valence-electron chi connectivity index (χ4n) is 1.93. The first kappa shape index (κ1) is 12.7. The van der Waals surface area contributed by atoms with Gasteiger partial charge in [-0.05, 0) is 0 Å². The number of aliphatic hydroxyl groups is 2. The topological polar surface area (TPSA) is 143 Å². The highest BCUT2D eigenvalue weighted by molar-refractivity contribution is 5.25. The van der Waals surface area contributed by atoms with Crippen LogP contribution in [0.2, 0.25) is 0 Å². The molecular weight excluding hydrogens is 287 g/mol. The first-order valence-electron chi connectivity index (χ1n) is 6.70. The zero-order chi connectivity index (χ0) is 17.4. The molecular formula is C11H13FN4O5. The van der Waals surface area contributed by atoms with Gasteiger partial charge in [0, 0.05) is 0 Å². The van der Waals surface area contributed by atoms with Crippen LogP contribution >= 0.6 is 0 Å². The Balaban J connectivity index is 2.59. The lowest BCUT2D eigenvalue weighted by atomic mass is 9.92. The van der Waals surface area contributed by atoms with E-state index >= 15 is 0 Å². The second-order valence-electron chi connectivity index (χ2n) is 4.23. The third kappa shape index (κ3) is 2.59. The summed E-state index contributed by atoms with van der Waals surface area (Å²) in [5, 5.41) is 23.1. The van der Waals surface area contributed by atoms with Crippen LogP contribution in [0.4, 0.5) is 4.39 Å². The number of hydrogen-bond acceptors (Lipinski definition) is 7. The fourth-order valence-corrected chi connectivity index (χ4v) is 1.93. The maximum Gasteiger partial charge on any atom is 0.347 e. The second-order valence-corrected chi connectivity index (χ2v) is 4.23. The van der Waals surface area contributed by atoms with E-state index in [1.807, 2.05) is 10.9 Å². The van der Waals surface area contributed by atoms with Gasteiger partial charge < -0.3 is 20.7 Å². The Labute approximate surface area is 120 Å². The van der Waals surface area contributed by atoms with Gasteiger partial charge in [0.25, 0.3) is 5.56 Å². The van der Waals surface area contributed by atoms with Gasteiger partial charge >= 0.3 is 5.69 Å². The van der Waals surface area contributed by atoms with Crippen molar-refractivity contribution in [3.05, 3.63) is 27.0 Å². The van der Waals surface area contributed by atoms with E-state index in [4.69, 9.17) is 13.2 Å². The zero-order valence-electron chi connectivity index (χ0n) is 12.5. The van der Waals surface area contributed by atoms with Crippen molar-refractivity contribution in [2.24, 2.45) is 5.73 Å². The van der Waals surface area contributed by atoms with Crippen LogP contribution in [-0.2, 0) is 4.74 Å². The summed E-state index contributed by atoms with van der Waals surface area (Å²) in [6.07, 6.45) is -4.74. The van der Waals surface area contributed by atoms with Gasteiger partial charge in [-0.15, -0.1) is 0 Å². The molecule has 9 nitrogen and oxygen atoms in total. The lowest BCUT2D eigenvalue weighted by molar-refractivity contribution is -0.0530. The number of nitrogens with zero attached hydrogens (tertiary/aromatic N) is 2. The van der Waals surface area contributed by atoms with Crippen molar-refractivity contribution < 1.29 is 22.1 Å². The Morgan fingerprint density at radius 1 is 1.71 bits per heavy atom. The van der Waals surface area contributed by atoms with Crippen LogP contribution in [-0.4, -0.2) is 56.0 Å². The number of alkyl halides is 1. The summed E-state index contributed by atoms with van der Waals surface area (Å²) < 4.78 is 32.5. The lowest BCUT2D eigenvalue weighted by Crippen LogP contribution is -2.55. The highest BCUT2D eigenvalue weighted by atomic mass is 19.1. The standard InChI is InChI=1S/C11H13FN4O5/c12-3-1-2-11(13)8(19)6(5-17)21-9(11)16-10(20)15-7(18)4-14-16/h4,6,8-9,17,19H,3,5,13H2,(H,15,18,20)/t6-,8?,9-,11-/m1/s1/i5D2. The number of halogens is 1. The number of nitrogens with two attached hydrogens (primary N) is 1. The molecule has 0 radical (unpaired) electrons. The molecule has 0 spiro atoms. The number of rotatable bonds is 2. The van der Waals surface area contributed by atoms with Crippen LogP contribution in [0.1, 0.15) is 8.97 Å². The molecule has 2 rings (SSSR count). The largest absolute Gasteiger partial charge is 0.394 e. The van der Waals surface area contributed by atoms with Crippen molar-refractivity contribution >= 4 is 0 Å². The Morgan fingerprint density at radius 2 is 2.43 bits per heavy atom. The van der Waals surface area contributed by atoms with Gasteiger partial charge in [0.05, 0.1) is 9.30 Å². The third-order valence-electron chi connectivity index (χ3n) is 2.92. The summed E-state index contributed by atoms with van der Waals surface area (Å²) >= 11 is 0. The van der Waals surface area contributed by atoms with E-state index in [0.717, 1.165) is 6.20 Å². The molecule has 1 saturated heterocycles. The Morgan fingerprint density at radius 3 is 3.00 bits per heavy atom. The number of ether oxygens (including phenoxy) is 1. The van der Waals surface area contributed by atoms with Crippen molar-refractivity contribution in [2.75, 3.05) is 13.2 Å². The average molecular weight is 302 g/mol. The number of H-pyrrole nitrogens is 1. The minimum atomic E-state index is -3.03. The van der Waals surface area contributed by atoms with Crippen LogP contribution in [0.5, 0.6) is 0 Å². The molecule has 4 atom stereocenters. The quantitative estimate of drug-likeness (QED) is 0.422. The minimum absolute atomic E-state index is 0.517. The highest BCUT2D eigenvalue weighted by Gasteiger charge is 2.54. The van der Waals surface area contributed by atoms with E-state index in [0.29, 0.717) is 4.68 Å². The highest BCUT2D eigenvalue weighted by Crippen LogP contribution is 2.34. The molecule has 21 heavy (non-hydrogen) atoms. The van der Waals surface area contributed by atoms with Crippen LogP contribution in [0.25, 0.3) is 0 Å². The summed E-state index contributed by atoms with van der Waals surface area (Å²) in [7, 11) is 0. The summed E-state index contributed by atoms with van der Waals surface area (Å²) in [5.74, 6) is 4.12. The van der Waals surface area contributed by atoms with Crippen molar-refractivity contribution in [2.45, 2.75) is 24.0 Å². The van der Waals surface area contributed by atoms with E-state index in [-0.39, 0.29) is 0 Å². The van der Waals surface area contributed by atoms with Gasteiger partial charge in [-0.25, -0.2) is 9.18 Å². The number of aliphatic hydroxyl groups excluding tert-OH is 1. The van der Waals surface area contributed by atoms with E-state index < -0.39 is 48.5 Å². The Bertz CT molecular complexity index is 766. The van der Waals surface area contributed by atoms with E-state index in [9.17, 15) is 24.2 Å². The molecule has 1 unspecified atom stereocenters. The van der Waals surface area contributed by atoms with Gasteiger partial charge in [0.2, 0.25) is 0 Å². The molecule has 0 aromatic carbocycles. The van der Waals surface area contributed by atoms with E-state index in [2.05, 4.69) is 11.0 Å². The van der Waals surface area contributed by atoms with E-state index in [1.54, 1.807) is 0 Å². The molecule has 0 saturated carbocycles. The molecule has 0 bridgehead atoms. The molecule has 5 N–H and O–H groups in total. The molecule has 1 fully saturated rings. The zero-order valence-corrected chi connectivity index (χ0v) is 10.5. The maximum absolute atomic E-state index is 12.3. The van der Waals surface area contributed by atoms with Crippen molar-refractivity contribution in [3.63, 3.8) is 0 Å². The number of aromatic nitrogens is 3. The number of aromatic amines is 1. The molecule has 1 aromatic heterocycles. The van der Waals surface area contributed by atoms with Gasteiger partial charge in [-0.3, -0.25) is 9.78 Å².